The summed E-state index contributed by atoms with van der Waals surface area (Å²) >= 11 is 0. The van der Waals surface area contributed by atoms with Gasteiger partial charge in [-0.25, -0.2) is 4.39 Å². The van der Waals surface area contributed by atoms with Gasteiger partial charge in [-0.3, -0.25) is 0 Å². The zero-order valence-corrected chi connectivity index (χ0v) is 5.31. The molecule has 0 heterocycles. The summed E-state index contributed by atoms with van der Waals surface area (Å²) in [6.45, 7) is 0. The van der Waals surface area contributed by atoms with Gasteiger partial charge < -0.3 is 0 Å². The Hall–Kier alpha value is -0.580. The number of rotatable bonds is 0. The number of nitriles is 1. The van der Waals surface area contributed by atoms with Crippen LogP contribution >= 0.6 is 0 Å². The molecule has 0 aromatic rings. The van der Waals surface area contributed by atoms with E-state index in [1.54, 1.807) is 0 Å². The van der Waals surface area contributed by atoms with Gasteiger partial charge in [0.1, 0.15) is 6.17 Å². The van der Waals surface area contributed by atoms with Crippen LogP contribution in [0, 0.1) is 17.2 Å². The van der Waals surface area contributed by atoms with Crippen molar-refractivity contribution >= 4 is 0 Å². The molecule has 1 aliphatic carbocycles. The van der Waals surface area contributed by atoms with Crippen molar-refractivity contribution in [3.63, 3.8) is 0 Å². The first-order chi connectivity index (χ1) is 4.33. The van der Waals surface area contributed by atoms with E-state index in [1.165, 1.54) is 0 Å². The van der Waals surface area contributed by atoms with Crippen LogP contribution in [0.5, 0.6) is 0 Å². The Morgan fingerprint density at radius 2 is 2.22 bits per heavy atom. The normalized spacial score (nSPS) is 35.6. The highest BCUT2D eigenvalue weighted by Crippen LogP contribution is 2.25. The Morgan fingerprint density at radius 1 is 1.44 bits per heavy atom. The van der Waals surface area contributed by atoms with Crippen molar-refractivity contribution in [3.8, 4) is 6.07 Å². The second-order valence-electron chi connectivity index (χ2n) is 2.59. The van der Waals surface area contributed by atoms with Crippen molar-refractivity contribution in [3.05, 3.63) is 0 Å². The van der Waals surface area contributed by atoms with Gasteiger partial charge >= 0.3 is 0 Å². The van der Waals surface area contributed by atoms with Gasteiger partial charge in [0.05, 0.1) is 6.07 Å². The lowest BCUT2D eigenvalue weighted by atomic mass is 9.89. The van der Waals surface area contributed by atoms with Crippen molar-refractivity contribution in [1.29, 1.82) is 5.26 Å². The summed E-state index contributed by atoms with van der Waals surface area (Å²) in [5.41, 5.74) is 0. The highest BCUT2D eigenvalue weighted by Gasteiger charge is 2.20. The highest BCUT2D eigenvalue weighted by atomic mass is 19.1. The SMILES string of the molecule is N#CC1CCCC(F)C1. The molecule has 0 aromatic carbocycles. The average molecular weight is 127 g/mol. The fourth-order valence-corrected chi connectivity index (χ4v) is 1.25. The van der Waals surface area contributed by atoms with Crippen LogP contribution in [-0.2, 0) is 0 Å². The predicted octanol–water partition coefficient (Wildman–Crippen LogP) is 2.04. The van der Waals surface area contributed by atoms with Gasteiger partial charge in [0.2, 0.25) is 0 Å². The maximum absolute atomic E-state index is 12.5. The zero-order valence-electron chi connectivity index (χ0n) is 5.31. The van der Waals surface area contributed by atoms with Crippen LogP contribution in [0.4, 0.5) is 4.39 Å². The smallest absolute Gasteiger partial charge is 0.101 e. The standard InChI is InChI=1S/C7H10FN/c8-7-3-1-2-6(4-7)5-9/h6-7H,1-4H2. The first-order valence-corrected chi connectivity index (χ1v) is 3.36. The third-order valence-electron chi connectivity index (χ3n) is 1.79. The van der Waals surface area contributed by atoms with E-state index >= 15 is 0 Å². The third-order valence-corrected chi connectivity index (χ3v) is 1.79. The number of nitrogens with zero attached hydrogens (tertiary/aromatic N) is 1. The molecule has 1 saturated carbocycles. The molecule has 9 heavy (non-hydrogen) atoms. The Labute approximate surface area is 54.5 Å². The summed E-state index contributed by atoms with van der Waals surface area (Å²) in [6.07, 6.45) is 2.22. The minimum atomic E-state index is -0.705. The summed E-state index contributed by atoms with van der Waals surface area (Å²) in [6, 6.07) is 2.09. The lowest BCUT2D eigenvalue weighted by Crippen LogP contribution is -2.14. The quantitative estimate of drug-likeness (QED) is 0.488. The molecule has 2 unspecified atom stereocenters. The van der Waals surface area contributed by atoms with Gasteiger partial charge in [-0.05, 0) is 25.7 Å². The summed E-state index contributed by atoms with van der Waals surface area (Å²) in [5.74, 6) is -0.00579. The van der Waals surface area contributed by atoms with Gasteiger partial charge in [-0.15, -0.1) is 0 Å². The molecule has 1 rings (SSSR count). The second kappa shape index (κ2) is 2.82. The van der Waals surface area contributed by atoms with Crippen molar-refractivity contribution < 1.29 is 4.39 Å². The molecule has 0 aromatic heterocycles. The Morgan fingerprint density at radius 3 is 2.67 bits per heavy atom. The molecule has 0 bridgehead atoms. The molecule has 0 amide bonds. The molecular formula is C7H10FN. The number of alkyl halides is 1. The molecule has 0 aliphatic heterocycles. The maximum Gasteiger partial charge on any atom is 0.101 e. The molecule has 1 nitrogen and oxygen atoms in total. The van der Waals surface area contributed by atoms with E-state index in [1.807, 2.05) is 0 Å². The molecule has 2 atom stereocenters. The van der Waals surface area contributed by atoms with E-state index in [4.69, 9.17) is 5.26 Å². The average Bonchev–Trinajstić information content (AvgIpc) is 1.88. The molecular weight excluding hydrogens is 117 g/mol. The number of halogens is 1. The van der Waals surface area contributed by atoms with E-state index < -0.39 is 6.17 Å². The van der Waals surface area contributed by atoms with Crippen LogP contribution in [0.2, 0.25) is 0 Å². The molecule has 2 heteroatoms. The molecule has 0 radical (unpaired) electrons. The summed E-state index contributed by atoms with van der Waals surface area (Å²) in [4.78, 5) is 0. The molecule has 50 valence electrons. The van der Waals surface area contributed by atoms with Crippen molar-refractivity contribution in [2.24, 2.45) is 5.92 Å². The maximum atomic E-state index is 12.5. The first kappa shape index (κ1) is 6.54. The van der Waals surface area contributed by atoms with Gasteiger partial charge in [0.15, 0.2) is 0 Å². The third kappa shape index (κ3) is 1.67. The number of hydrogen-bond acceptors (Lipinski definition) is 1. The van der Waals surface area contributed by atoms with Crippen LogP contribution in [-0.4, -0.2) is 6.17 Å². The fourth-order valence-electron chi connectivity index (χ4n) is 1.25. The van der Waals surface area contributed by atoms with Crippen LogP contribution in [0.25, 0.3) is 0 Å². The summed E-state index contributed by atoms with van der Waals surface area (Å²) < 4.78 is 12.5. The molecule has 0 N–H and O–H groups in total. The highest BCUT2D eigenvalue weighted by molar-refractivity contribution is 4.87. The van der Waals surface area contributed by atoms with E-state index in [9.17, 15) is 4.39 Å². The van der Waals surface area contributed by atoms with Crippen molar-refractivity contribution in [2.75, 3.05) is 0 Å². The van der Waals surface area contributed by atoms with Crippen molar-refractivity contribution in [1.82, 2.24) is 0 Å². The second-order valence-corrected chi connectivity index (χ2v) is 2.59. The van der Waals surface area contributed by atoms with Crippen LogP contribution < -0.4 is 0 Å². The first-order valence-electron chi connectivity index (χ1n) is 3.36. The molecule has 0 saturated heterocycles. The lowest BCUT2D eigenvalue weighted by Gasteiger charge is -2.17. The monoisotopic (exact) mass is 127 g/mol. The minimum Gasteiger partial charge on any atom is -0.247 e. The largest absolute Gasteiger partial charge is 0.247 e. The van der Waals surface area contributed by atoms with Gasteiger partial charge in [-0.2, -0.15) is 5.26 Å². The van der Waals surface area contributed by atoms with E-state index in [0.717, 1.165) is 12.8 Å². The molecule has 1 fully saturated rings. The van der Waals surface area contributed by atoms with Gasteiger partial charge in [-0.1, -0.05) is 0 Å². The van der Waals surface area contributed by atoms with Crippen LogP contribution in [0.1, 0.15) is 25.7 Å². The van der Waals surface area contributed by atoms with Crippen LogP contribution in [0.3, 0.4) is 0 Å². The van der Waals surface area contributed by atoms with Gasteiger partial charge in [0.25, 0.3) is 0 Å². The Kier molecular flexibility index (Phi) is 2.05. The lowest BCUT2D eigenvalue weighted by molar-refractivity contribution is 0.224. The molecule has 1 aliphatic rings. The summed E-state index contributed by atoms with van der Waals surface area (Å²) in [7, 11) is 0. The Balaban J connectivity index is 2.34. The number of hydrogen-bond donors (Lipinski definition) is 0. The zero-order chi connectivity index (χ0) is 6.69. The van der Waals surface area contributed by atoms with Gasteiger partial charge in [0, 0.05) is 5.92 Å². The minimum absolute atomic E-state index is 0.00579. The van der Waals surface area contributed by atoms with E-state index in [0.29, 0.717) is 12.8 Å². The topological polar surface area (TPSA) is 23.8 Å². The summed E-state index contributed by atoms with van der Waals surface area (Å²) in [5, 5.41) is 8.39. The fraction of sp³-hybridized carbons (Fsp3) is 0.857. The predicted molar refractivity (Wildman–Crippen MR) is 32.5 cm³/mol. The van der Waals surface area contributed by atoms with Crippen LogP contribution in [0.15, 0.2) is 0 Å². The Bertz CT molecular complexity index is 127. The van der Waals surface area contributed by atoms with Crippen molar-refractivity contribution in [2.45, 2.75) is 31.9 Å². The van der Waals surface area contributed by atoms with E-state index in [-0.39, 0.29) is 5.92 Å². The van der Waals surface area contributed by atoms with E-state index in [2.05, 4.69) is 6.07 Å². The molecule has 0 spiro atoms.